The van der Waals surface area contributed by atoms with Crippen molar-refractivity contribution in [1.29, 1.82) is 0 Å². The van der Waals surface area contributed by atoms with Crippen LogP contribution in [0.25, 0.3) is 0 Å². The number of amides is 1. The third-order valence-electron chi connectivity index (χ3n) is 2.87. The first-order valence-electron chi connectivity index (χ1n) is 5.82. The van der Waals surface area contributed by atoms with Crippen LogP contribution in [0.4, 0.5) is 5.82 Å². The van der Waals surface area contributed by atoms with E-state index in [9.17, 15) is 4.79 Å². The third-order valence-corrected chi connectivity index (χ3v) is 2.87. The lowest BCUT2D eigenvalue weighted by molar-refractivity contribution is -0.129. The van der Waals surface area contributed by atoms with Gasteiger partial charge in [-0.2, -0.15) is 0 Å². The highest BCUT2D eigenvalue weighted by molar-refractivity contribution is 5.86. The Hall–Kier alpha value is -1.65. The summed E-state index contributed by atoms with van der Waals surface area (Å²) < 4.78 is 0. The number of nitrogens with zero attached hydrogens (tertiary/aromatic N) is 3. The molecular formula is C12H20N4O. The Balaban J connectivity index is 0.00000162. The minimum atomic E-state index is -0.197. The molecule has 0 saturated heterocycles. The largest absolute Gasteiger partial charge is 0.358 e. The first-order chi connectivity index (χ1) is 7.99. The number of rotatable bonds is 2. The van der Waals surface area contributed by atoms with E-state index in [1.165, 1.54) is 0 Å². The van der Waals surface area contributed by atoms with E-state index in [1.807, 2.05) is 6.20 Å². The first kappa shape index (κ1) is 11.8. The molecule has 1 atom stereocenters. The molecule has 0 aliphatic carbocycles. The van der Waals surface area contributed by atoms with Gasteiger partial charge in [-0.3, -0.25) is 4.79 Å². The number of nitrogens with one attached hydrogen (secondary N) is 1. The summed E-state index contributed by atoms with van der Waals surface area (Å²) in [6.07, 6.45) is 2.50. The molecule has 17 heavy (non-hydrogen) atoms. The van der Waals surface area contributed by atoms with E-state index in [4.69, 9.17) is 0 Å². The van der Waals surface area contributed by atoms with Gasteiger partial charge >= 0.3 is 0 Å². The van der Waals surface area contributed by atoms with Crippen LogP contribution in [0.2, 0.25) is 0 Å². The van der Waals surface area contributed by atoms with E-state index in [-0.39, 0.29) is 13.4 Å². The average Bonchev–Trinajstić information content (AvgIpc) is 2.69. The molecule has 2 heterocycles. The van der Waals surface area contributed by atoms with Crippen LogP contribution >= 0.6 is 0 Å². The maximum absolute atomic E-state index is 11.8. The van der Waals surface area contributed by atoms with Gasteiger partial charge in [0.15, 0.2) is 0 Å². The van der Waals surface area contributed by atoms with Crippen LogP contribution in [0.5, 0.6) is 0 Å². The number of hydrogen-bond donors (Lipinski definition) is 1. The van der Waals surface area contributed by atoms with Crippen LogP contribution in [0.3, 0.4) is 0 Å². The van der Waals surface area contributed by atoms with Crippen molar-refractivity contribution < 1.29 is 6.22 Å². The average molecular weight is 236 g/mol. The lowest BCUT2D eigenvalue weighted by atomic mass is 10.1. The molecular weight excluding hydrogens is 216 g/mol. The molecule has 0 spiro atoms. The Morgan fingerprint density at radius 1 is 1.59 bits per heavy atom. The van der Waals surface area contributed by atoms with Crippen LogP contribution < -0.4 is 5.32 Å². The fourth-order valence-electron chi connectivity index (χ4n) is 1.87. The molecule has 0 fully saturated rings. The second-order valence-electron chi connectivity index (χ2n) is 4.89. The highest BCUT2D eigenvalue weighted by Gasteiger charge is 2.29. The van der Waals surface area contributed by atoms with E-state index in [0.717, 1.165) is 17.2 Å². The van der Waals surface area contributed by atoms with E-state index in [0.29, 0.717) is 12.3 Å². The molecule has 0 aromatic carbocycles. The maximum Gasteiger partial charge on any atom is 0.244 e. The summed E-state index contributed by atoms with van der Waals surface area (Å²) in [6, 6.07) is -0.197. The number of aromatic nitrogens is 2. The molecule has 2 rings (SSSR count). The van der Waals surface area contributed by atoms with Gasteiger partial charge in [0.2, 0.25) is 5.91 Å². The summed E-state index contributed by atoms with van der Waals surface area (Å²) in [5.74, 6) is 2.00. The standard InChI is InChI=1S/C12H18N4O.H2/c1-7(2)10-13-6-8-5-9(12(17)16(3)4)14-11(8)15-10;/h6-7,9H,5H2,1-4H3,(H,13,14,15);1H/t9-;/m0./s1. The quantitative estimate of drug-likeness (QED) is 0.840. The Morgan fingerprint density at radius 3 is 2.88 bits per heavy atom. The molecule has 1 aromatic rings. The van der Waals surface area contributed by atoms with Crippen LogP contribution in [-0.2, 0) is 11.2 Å². The topological polar surface area (TPSA) is 58.1 Å². The molecule has 1 aliphatic rings. The Labute approximate surface area is 103 Å². The molecule has 0 bridgehead atoms. The van der Waals surface area contributed by atoms with Gasteiger partial charge in [0.1, 0.15) is 17.7 Å². The molecule has 5 heteroatoms. The van der Waals surface area contributed by atoms with Crippen LogP contribution in [0.15, 0.2) is 6.20 Å². The van der Waals surface area contributed by atoms with Crippen molar-refractivity contribution in [3.05, 3.63) is 17.6 Å². The summed E-state index contributed by atoms with van der Waals surface area (Å²) in [5, 5.41) is 3.17. The highest BCUT2D eigenvalue weighted by Crippen LogP contribution is 2.25. The second-order valence-corrected chi connectivity index (χ2v) is 4.89. The fourth-order valence-corrected chi connectivity index (χ4v) is 1.87. The number of hydrogen-bond acceptors (Lipinski definition) is 4. The zero-order chi connectivity index (χ0) is 12.6. The fraction of sp³-hybridized carbons (Fsp3) is 0.583. The molecule has 94 valence electrons. The van der Waals surface area contributed by atoms with Gasteiger partial charge in [-0.15, -0.1) is 0 Å². The van der Waals surface area contributed by atoms with E-state index >= 15 is 0 Å². The number of carbonyl (C=O) groups excluding carboxylic acids is 1. The van der Waals surface area contributed by atoms with Gasteiger partial charge in [-0.1, -0.05) is 13.8 Å². The second kappa shape index (κ2) is 4.31. The molecule has 5 nitrogen and oxygen atoms in total. The van der Waals surface area contributed by atoms with Crippen LogP contribution in [0.1, 0.15) is 32.6 Å². The number of anilines is 1. The minimum absolute atomic E-state index is 0. The highest BCUT2D eigenvalue weighted by atomic mass is 16.2. The van der Waals surface area contributed by atoms with E-state index in [2.05, 4.69) is 29.1 Å². The number of carbonyl (C=O) groups is 1. The Kier molecular flexibility index (Phi) is 3.00. The molecule has 1 amide bonds. The van der Waals surface area contributed by atoms with Gasteiger partial charge in [-0.05, 0) is 0 Å². The van der Waals surface area contributed by atoms with Gasteiger partial charge in [0.25, 0.3) is 0 Å². The van der Waals surface area contributed by atoms with Crippen molar-refractivity contribution in [2.75, 3.05) is 19.4 Å². The van der Waals surface area contributed by atoms with Crippen LogP contribution in [-0.4, -0.2) is 40.9 Å². The van der Waals surface area contributed by atoms with E-state index < -0.39 is 0 Å². The lowest BCUT2D eigenvalue weighted by Gasteiger charge is -2.16. The smallest absolute Gasteiger partial charge is 0.244 e. The normalized spacial score (nSPS) is 17.8. The SMILES string of the molecule is CC(C)c1ncc2c(n1)N[C@H](C(=O)N(C)C)C2.[HH]. The summed E-state index contributed by atoms with van der Waals surface area (Å²) in [4.78, 5) is 22.2. The van der Waals surface area contributed by atoms with Crippen LogP contribution in [0, 0.1) is 0 Å². The third kappa shape index (κ3) is 2.23. The van der Waals surface area contributed by atoms with Gasteiger partial charge in [-0.25, -0.2) is 9.97 Å². The number of likely N-dealkylation sites (N-methyl/N-ethyl adjacent to an activating group) is 1. The predicted octanol–water partition coefficient (Wildman–Crippen LogP) is 1.27. The van der Waals surface area contributed by atoms with Crippen molar-refractivity contribution in [1.82, 2.24) is 14.9 Å². The summed E-state index contributed by atoms with van der Waals surface area (Å²) >= 11 is 0. The van der Waals surface area contributed by atoms with Crippen molar-refractivity contribution >= 4 is 11.7 Å². The lowest BCUT2D eigenvalue weighted by Crippen LogP contribution is -2.37. The summed E-state index contributed by atoms with van der Waals surface area (Å²) in [6.45, 7) is 4.11. The van der Waals surface area contributed by atoms with Crippen molar-refractivity contribution in [2.24, 2.45) is 0 Å². The maximum atomic E-state index is 11.8. The predicted molar refractivity (Wildman–Crippen MR) is 68.0 cm³/mol. The molecule has 1 aliphatic heterocycles. The summed E-state index contributed by atoms with van der Waals surface area (Å²) in [5.41, 5.74) is 1.02. The van der Waals surface area contributed by atoms with Gasteiger partial charge in [0.05, 0.1) is 0 Å². The number of fused-ring (bicyclic) bond motifs is 1. The van der Waals surface area contributed by atoms with Crippen molar-refractivity contribution in [3.63, 3.8) is 0 Å². The first-order valence-corrected chi connectivity index (χ1v) is 5.82. The molecule has 0 saturated carbocycles. The summed E-state index contributed by atoms with van der Waals surface area (Å²) in [7, 11) is 3.52. The van der Waals surface area contributed by atoms with Gasteiger partial charge in [0, 0.05) is 39.6 Å². The Bertz CT molecular complexity index is 448. The zero-order valence-electron chi connectivity index (χ0n) is 10.7. The van der Waals surface area contributed by atoms with Crippen molar-refractivity contribution in [3.8, 4) is 0 Å². The molecule has 0 radical (unpaired) electrons. The van der Waals surface area contributed by atoms with Gasteiger partial charge < -0.3 is 10.2 Å². The van der Waals surface area contributed by atoms with E-state index in [1.54, 1.807) is 19.0 Å². The zero-order valence-corrected chi connectivity index (χ0v) is 10.7. The van der Waals surface area contributed by atoms with Crippen molar-refractivity contribution in [2.45, 2.75) is 32.2 Å². The monoisotopic (exact) mass is 236 g/mol. The minimum Gasteiger partial charge on any atom is -0.358 e. The molecule has 0 unspecified atom stereocenters. The Morgan fingerprint density at radius 2 is 2.29 bits per heavy atom. The molecule has 1 aromatic heterocycles. The molecule has 1 N–H and O–H groups in total.